The maximum Gasteiger partial charge on any atom is 0.262 e. The summed E-state index contributed by atoms with van der Waals surface area (Å²) in [4.78, 5) is 32.5. The fourth-order valence-electron chi connectivity index (χ4n) is 3.53. The van der Waals surface area contributed by atoms with Gasteiger partial charge in [-0.2, -0.15) is 0 Å². The maximum absolute atomic E-state index is 12.7. The van der Waals surface area contributed by atoms with Crippen molar-refractivity contribution < 1.29 is 9.53 Å². The number of carbonyl (C=O) groups excluding carboxylic acids is 1. The summed E-state index contributed by atoms with van der Waals surface area (Å²) >= 11 is 6.77. The van der Waals surface area contributed by atoms with Gasteiger partial charge < -0.3 is 15.0 Å². The Morgan fingerprint density at radius 3 is 2.91 bits per heavy atom. The highest BCUT2D eigenvalue weighted by atomic mass is 32.1. The topological polar surface area (TPSA) is 89.0 Å². The van der Waals surface area contributed by atoms with E-state index in [1.165, 1.54) is 11.3 Å². The highest BCUT2D eigenvalue weighted by Crippen LogP contribution is 2.29. The van der Waals surface area contributed by atoms with E-state index in [1.54, 1.807) is 10.6 Å². The third-order valence-electron chi connectivity index (χ3n) is 5.09. The van der Waals surface area contributed by atoms with Crippen LogP contribution >= 0.6 is 23.6 Å². The first-order valence-corrected chi connectivity index (χ1v) is 11.8. The quantitative estimate of drug-likeness (QED) is 0.258. The Morgan fingerprint density at radius 1 is 1.22 bits per heavy atom. The minimum absolute atomic E-state index is 0.0609. The highest BCUT2D eigenvalue weighted by Gasteiger charge is 2.09. The number of para-hydroxylation sites is 1. The number of aromatic nitrogens is 3. The number of nitrogens with zero attached hydrogens (tertiary/aromatic N) is 2. The Balaban J connectivity index is 1.27. The second-order valence-electron chi connectivity index (χ2n) is 7.37. The van der Waals surface area contributed by atoms with E-state index in [1.807, 2.05) is 43.3 Å². The van der Waals surface area contributed by atoms with Crippen LogP contribution in [-0.4, -0.2) is 27.0 Å². The number of hydrogen-bond donors (Lipinski definition) is 2. The number of benzene rings is 2. The van der Waals surface area contributed by atoms with Crippen molar-refractivity contribution >= 4 is 55.7 Å². The summed E-state index contributed by atoms with van der Waals surface area (Å²) in [6.07, 6.45) is 2.72. The van der Waals surface area contributed by atoms with E-state index in [2.05, 4.69) is 15.3 Å². The lowest BCUT2D eigenvalue weighted by atomic mass is 10.2. The molecule has 1 amide bonds. The molecule has 2 heterocycles. The molecule has 7 nitrogen and oxygen atoms in total. The lowest BCUT2D eigenvalue weighted by Crippen LogP contribution is -2.22. The zero-order chi connectivity index (χ0) is 22.5. The Morgan fingerprint density at radius 2 is 2.06 bits per heavy atom. The predicted octanol–water partition coefficient (Wildman–Crippen LogP) is 5.27. The number of fused-ring (bicyclic) bond motifs is 2. The number of ether oxygens (including phenoxy) is 1. The second-order valence-corrected chi connectivity index (χ2v) is 8.79. The standard InChI is InChI=1S/C23H24N4O3S2/c1-2-30-15-11-12-18-19(14-15)32-22(24-18)26-20(28)10-4-3-7-13-27-21(29)16-8-5-6-9-17(16)25-23(27)31/h5-6,8-9,11-12,14H,2-4,7,10,13H2,1H3,(H,25,31)(H,24,26,28). The van der Waals surface area contributed by atoms with E-state index in [-0.39, 0.29) is 11.5 Å². The lowest BCUT2D eigenvalue weighted by Gasteiger charge is -2.08. The largest absolute Gasteiger partial charge is 0.494 e. The van der Waals surface area contributed by atoms with Gasteiger partial charge in [0.05, 0.1) is 27.7 Å². The van der Waals surface area contributed by atoms with Gasteiger partial charge in [-0.25, -0.2) is 4.98 Å². The molecule has 0 aliphatic carbocycles. The van der Waals surface area contributed by atoms with Crippen molar-refractivity contribution in [3.8, 4) is 5.75 Å². The summed E-state index contributed by atoms with van der Waals surface area (Å²) in [5.41, 5.74) is 1.51. The van der Waals surface area contributed by atoms with Crippen LogP contribution < -0.4 is 15.6 Å². The molecule has 0 unspecified atom stereocenters. The average molecular weight is 469 g/mol. The number of rotatable bonds is 9. The van der Waals surface area contributed by atoms with Crippen LogP contribution in [0.25, 0.3) is 21.1 Å². The van der Waals surface area contributed by atoms with Crippen molar-refractivity contribution in [2.75, 3.05) is 11.9 Å². The molecule has 0 fully saturated rings. The maximum atomic E-state index is 12.7. The predicted molar refractivity (Wildman–Crippen MR) is 131 cm³/mol. The second kappa shape index (κ2) is 10.1. The van der Waals surface area contributed by atoms with Crippen LogP contribution in [0.1, 0.15) is 32.6 Å². The number of H-pyrrole nitrogens is 1. The summed E-state index contributed by atoms with van der Waals surface area (Å²) in [6, 6.07) is 13.1. The van der Waals surface area contributed by atoms with Crippen molar-refractivity contribution in [1.82, 2.24) is 14.5 Å². The summed E-state index contributed by atoms with van der Waals surface area (Å²) in [6.45, 7) is 3.08. The van der Waals surface area contributed by atoms with Gasteiger partial charge in [0.25, 0.3) is 5.56 Å². The van der Waals surface area contributed by atoms with Crippen LogP contribution in [-0.2, 0) is 11.3 Å². The van der Waals surface area contributed by atoms with E-state index in [0.717, 1.165) is 40.7 Å². The van der Waals surface area contributed by atoms with E-state index in [4.69, 9.17) is 17.0 Å². The highest BCUT2D eigenvalue weighted by molar-refractivity contribution is 7.71. The number of amides is 1. The summed E-state index contributed by atoms with van der Waals surface area (Å²) < 4.78 is 8.50. The third-order valence-corrected chi connectivity index (χ3v) is 6.35. The molecule has 4 rings (SSSR count). The van der Waals surface area contributed by atoms with Gasteiger partial charge in [0, 0.05) is 13.0 Å². The number of carbonyl (C=O) groups is 1. The summed E-state index contributed by atoms with van der Waals surface area (Å²) in [5, 5.41) is 4.10. The van der Waals surface area contributed by atoms with Gasteiger partial charge in [0.15, 0.2) is 9.90 Å². The molecule has 0 saturated carbocycles. The average Bonchev–Trinajstić information content (AvgIpc) is 3.17. The van der Waals surface area contributed by atoms with Gasteiger partial charge in [-0.05, 0) is 62.3 Å². The van der Waals surface area contributed by atoms with Crippen LogP contribution in [0.5, 0.6) is 5.75 Å². The van der Waals surface area contributed by atoms with E-state index < -0.39 is 0 Å². The zero-order valence-corrected chi connectivity index (χ0v) is 19.4. The van der Waals surface area contributed by atoms with E-state index >= 15 is 0 Å². The van der Waals surface area contributed by atoms with Crippen molar-refractivity contribution in [2.24, 2.45) is 0 Å². The van der Waals surface area contributed by atoms with Crippen LogP contribution in [0.3, 0.4) is 0 Å². The minimum atomic E-state index is -0.0783. The molecular formula is C23H24N4O3S2. The molecule has 32 heavy (non-hydrogen) atoms. The molecule has 0 atom stereocenters. The summed E-state index contributed by atoms with van der Waals surface area (Å²) in [7, 11) is 0. The number of unbranched alkanes of at least 4 members (excludes halogenated alkanes) is 2. The first kappa shape index (κ1) is 22.2. The van der Waals surface area contributed by atoms with Gasteiger partial charge in [0.1, 0.15) is 5.75 Å². The molecule has 0 saturated heterocycles. The first-order chi connectivity index (χ1) is 15.5. The van der Waals surface area contributed by atoms with Crippen LogP contribution in [0.4, 0.5) is 5.13 Å². The first-order valence-electron chi connectivity index (χ1n) is 10.6. The Hall–Kier alpha value is -3.04. The monoisotopic (exact) mass is 468 g/mol. The van der Waals surface area contributed by atoms with Crippen LogP contribution in [0.2, 0.25) is 0 Å². The fourth-order valence-corrected chi connectivity index (χ4v) is 4.73. The number of aromatic amines is 1. The molecule has 2 aromatic heterocycles. The Kier molecular flexibility index (Phi) is 6.96. The van der Waals surface area contributed by atoms with Gasteiger partial charge in [0.2, 0.25) is 5.91 Å². The Bertz CT molecular complexity index is 1370. The molecule has 4 aromatic rings. The smallest absolute Gasteiger partial charge is 0.262 e. The van der Waals surface area contributed by atoms with Crippen LogP contribution in [0, 0.1) is 4.77 Å². The molecular weight excluding hydrogens is 444 g/mol. The zero-order valence-electron chi connectivity index (χ0n) is 17.7. The normalized spacial score (nSPS) is 11.2. The van der Waals surface area contributed by atoms with Crippen molar-refractivity contribution in [3.63, 3.8) is 0 Å². The molecule has 9 heteroatoms. The van der Waals surface area contributed by atoms with E-state index in [0.29, 0.717) is 34.9 Å². The summed E-state index contributed by atoms with van der Waals surface area (Å²) in [5.74, 6) is 0.737. The molecule has 166 valence electrons. The van der Waals surface area contributed by atoms with Gasteiger partial charge in [-0.15, -0.1) is 0 Å². The minimum Gasteiger partial charge on any atom is -0.494 e. The van der Waals surface area contributed by atoms with Crippen LogP contribution in [0.15, 0.2) is 47.3 Å². The third kappa shape index (κ3) is 5.05. The number of anilines is 1. The molecule has 2 N–H and O–H groups in total. The van der Waals surface area contributed by atoms with Crippen molar-refractivity contribution in [1.29, 1.82) is 0 Å². The van der Waals surface area contributed by atoms with Gasteiger partial charge in [-0.1, -0.05) is 29.9 Å². The number of thiazole rings is 1. The molecule has 0 spiro atoms. The Labute approximate surface area is 194 Å². The van der Waals surface area contributed by atoms with Crippen molar-refractivity contribution in [2.45, 2.75) is 39.2 Å². The van der Waals surface area contributed by atoms with E-state index in [9.17, 15) is 9.59 Å². The number of hydrogen-bond acceptors (Lipinski definition) is 6. The lowest BCUT2D eigenvalue weighted by molar-refractivity contribution is -0.116. The van der Waals surface area contributed by atoms with Gasteiger partial charge >= 0.3 is 0 Å². The molecule has 0 aliphatic rings. The molecule has 0 radical (unpaired) electrons. The SMILES string of the molecule is CCOc1ccc2nc(NC(=O)CCCCCn3c(=S)[nH]c4ccccc4c3=O)sc2c1. The fraction of sp³-hybridized carbons (Fsp3) is 0.304. The molecule has 2 aromatic carbocycles. The molecule has 0 aliphatic heterocycles. The number of nitrogens with one attached hydrogen (secondary N) is 2. The van der Waals surface area contributed by atoms with Crippen molar-refractivity contribution in [3.05, 3.63) is 57.6 Å². The molecule has 0 bridgehead atoms. The van der Waals surface area contributed by atoms with Gasteiger partial charge in [-0.3, -0.25) is 14.2 Å².